The van der Waals surface area contributed by atoms with Gasteiger partial charge in [0.15, 0.2) is 0 Å². The molecule has 1 rings (SSSR count). The molecule has 0 aromatic carbocycles. The molecule has 0 aliphatic rings. The molecule has 11 heavy (non-hydrogen) atoms. The molecule has 0 aliphatic carbocycles. The summed E-state index contributed by atoms with van der Waals surface area (Å²) >= 11 is 0. The number of rotatable bonds is 2. The van der Waals surface area contributed by atoms with Gasteiger partial charge in [0, 0.05) is 7.57 Å². The maximum atomic E-state index is 8.47. The lowest BCUT2D eigenvalue weighted by molar-refractivity contribution is 0.286. The number of hydrogen-bond donors (Lipinski definition) is 2. The van der Waals surface area contributed by atoms with Crippen molar-refractivity contribution in [1.82, 2.24) is 4.98 Å². The first kappa shape index (κ1) is 6.63. The summed E-state index contributed by atoms with van der Waals surface area (Å²) in [6.45, 7) is -0.0527. The molecule has 0 fully saturated rings. The van der Waals surface area contributed by atoms with Gasteiger partial charge >= 0.3 is 7.32 Å². The van der Waals surface area contributed by atoms with Gasteiger partial charge in [-0.15, -0.1) is 0 Å². The summed E-state index contributed by atoms with van der Waals surface area (Å²) in [6, 6.07) is 3.12. The van der Waals surface area contributed by atoms with E-state index in [0.29, 0.717) is 5.69 Å². The molecule has 1 aromatic heterocycles. The average molecular weight is 154 g/mol. The number of pyridine rings is 1. The van der Waals surface area contributed by atoms with Crippen molar-refractivity contribution in [2.45, 2.75) is 6.90 Å². The normalized spacial score (nSPS) is 10.5. The summed E-state index contributed by atoms with van der Waals surface area (Å²) in [5.74, 6) is 0.225. The Labute approximate surface area is 66.1 Å². The second-order valence-electron chi connectivity index (χ2n) is 1.89. The van der Waals surface area contributed by atoms with Gasteiger partial charge in [0.2, 0.25) is 0 Å². The lowest BCUT2D eigenvalue weighted by Crippen LogP contribution is -2.21. The van der Waals surface area contributed by atoms with Crippen LogP contribution in [0.15, 0.2) is 18.3 Å². The van der Waals surface area contributed by atoms with Crippen molar-refractivity contribution >= 4 is 7.32 Å². The Bertz CT molecular complexity index is 258. The van der Waals surface area contributed by atoms with Crippen molar-refractivity contribution in [2.24, 2.45) is 0 Å². The Morgan fingerprint density at radius 1 is 1.73 bits per heavy atom. The van der Waals surface area contributed by atoms with E-state index in [9.17, 15) is 0 Å². The summed E-state index contributed by atoms with van der Waals surface area (Å²) in [5, 5.41) is 16.9. The third-order valence-corrected chi connectivity index (χ3v) is 1.08. The van der Waals surface area contributed by atoms with Crippen LogP contribution >= 0.6 is 0 Å². The number of aryl methyl sites for hydroxylation is 1. The molecule has 1 aromatic rings. The lowest BCUT2D eigenvalue weighted by atomic mass is 10.2. The predicted molar refractivity (Wildman–Crippen MR) is 39.8 cm³/mol. The molecule has 1 heterocycles. The first-order valence-electron chi connectivity index (χ1n) is 3.70. The number of nitrogens with zero attached hydrogens (tertiary/aromatic N) is 1. The molecule has 2 N–H and O–H groups in total. The van der Waals surface area contributed by atoms with Crippen LogP contribution in [0.4, 0.5) is 0 Å². The molecule has 0 atom stereocenters. The Morgan fingerprint density at radius 2 is 2.55 bits per heavy atom. The van der Waals surface area contributed by atoms with Gasteiger partial charge in [-0.25, -0.2) is 0 Å². The molecule has 0 spiro atoms. The minimum Gasteiger partial charge on any atom is -0.510 e. The Balaban J connectivity index is 2.82. The van der Waals surface area contributed by atoms with Gasteiger partial charge in [-0.2, -0.15) is 0 Å². The first-order chi connectivity index (χ1) is 5.74. The van der Waals surface area contributed by atoms with E-state index in [1.54, 1.807) is 6.07 Å². The molecule has 0 amide bonds. The van der Waals surface area contributed by atoms with E-state index < -0.39 is 7.32 Å². The van der Waals surface area contributed by atoms with Crippen molar-refractivity contribution in [3.05, 3.63) is 24.0 Å². The molecule has 0 saturated heterocycles. The highest BCUT2D eigenvalue weighted by Gasteiger charge is 2.12. The van der Waals surface area contributed by atoms with Gasteiger partial charge in [0.05, 0.1) is 5.69 Å². The maximum absolute atomic E-state index is 8.47. The average Bonchev–Trinajstić information content (AvgIpc) is 2.04. The van der Waals surface area contributed by atoms with Crippen LogP contribution in [0.2, 0.25) is 0 Å². The third kappa shape index (κ3) is 2.21. The smallest absolute Gasteiger partial charge is 0.510 e. The van der Waals surface area contributed by atoms with Crippen molar-refractivity contribution in [2.75, 3.05) is 0 Å². The molecule has 4 nitrogen and oxygen atoms in total. The minimum atomic E-state index is -1.86. The Kier molecular flexibility index (Phi) is 2.03. The largest absolute Gasteiger partial charge is 0.707 e. The van der Waals surface area contributed by atoms with Gasteiger partial charge in [-0.05, 0) is 19.0 Å². The van der Waals surface area contributed by atoms with Crippen molar-refractivity contribution in [3.8, 4) is 5.75 Å². The van der Waals surface area contributed by atoms with Crippen LogP contribution in [0.5, 0.6) is 5.75 Å². The molecule has 0 aliphatic heterocycles. The summed E-state index contributed by atoms with van der Waals surface area (Å²) in [6.07, 6.45) is 1.51. The Morgan fingerprint density at radius 3 is 3.18 bits per heavy atom. The zero-order valence-electron chi connectivity index (χ0n) is 6.77. The van der Waals surface area contributed by atoms with Crippen LogP contribution in [0.25, 0.3) is 0 Å². The minimum absolute atomic E-state index is 0.0527. The first-order valence-corrected chi connectivity index (χ1v) is 3.00. The zero-order valence-corrected chi connectivity index (χ0v) is 5.77. The lowest BCUT2D eigenvalue weighted by Gasteiger charge is -2.05. The maximum Gasteiger partial charge on any atom is 0.707 e. The zero-order chi connectivity index (χ0) is 8.97. The fraction of sp³-hybridized carbons (Fsp3) is 0.167. The summed E-state index contributed by atoms with van der Waals surface area (Å²) in [4.78, 5) is 3.82. The van der Waals surface area contributed by atoms with Crippen molar-refractivity contribution in [3.63, 3.8) is 0 Å². The molecular weight excluding hydrogens is 145 g/mol. The van der Waals surface area contributed by atoms with E-state index in [4.69, 9.17) is 11.4 Å². The molecule has 0 bridgehead atoms. The molecule has 5 heteroatoms. The van der Waals surface area contributed by atoms with Crippen LogP contribution in [-0.4, -0.2) is 22.4 Å². The summed E-state index contributed by atoms with van der Waals surface area (Å²) < 4.78 is 11.6. The van der Waals surface area contributed by atoms with Crippen LogP contribution in [0.3, 0.4) is 0 Å². The second-order valence-corrected chi connectivity index (χ2v) is 1.89. The van der Waals surface area contributed by atoms with Crippen molar-refractivity contribution < 1.29 is 16.1 Å². The number of aromatic nitrogens is 1. The van der Waals surface area contributed by atoms with E-state index in [1.165, 1.54) is 12.3 Å². The van der Waals surface area contributed by atoms with Gasteiger partial charge < -0.3 is 14.7 Å². The second kappa shape index (κ2) is 3.36. The van der Waals surface area contributed by atoms with Crippen LogP contribution in [0, 0.1) is 6.90 Å². The molecule has 0 unspecified atom stereocenters. The third-order valence-electron chi connectivity index (χ3n) is 1.08. The van der Waals surface area contributed by atoms with E-state index in [1.807, 2.05) is 0 Å². The van der Waals surface area contributed by atoms with Gasteiger partial charge in [-0.3, -0.25) is 4.98 Å². The summed E-state index contributed by atoms with van der Waals surface area (Å²) in [7, 11) is -1.86. The highest BCUT2D eigenvalue weighted by Crippen LogP contribution is 2.12. The fourth-order valence-electron chi connectivity index (χ4n) is 0.644. The Hall–Kier alpha value is -1.07. The highest BCUT2D eigenvalue weighted by molar-refractivity contribution is 6.33. The monoisotopic (exact) mass is 154 g/mol. The van der Waals surface area contributed by atoms with Gasteiger partial charge in [0.1, 0.15) is 5.75 Å². The van der Waals surface area contributed by atoms with E-state index in [2.05, 4.69) is 9.64 Å². The summed E-state index contributed by atoms with van der Waals surface area (Å²) in [5.41, 5.74) is 0.380. The SMILES string of the molecule is [2H]Cc1ncccc1OB(O)O. The van der Waals surface area contributed by atoms with Crippen LogP contribution < -0.4 is 4.65 Å². The molecule has 0 radical (unpaired) electrons. The van der Waals surface area contributed by atoms with E-state index in [-0.39, 0.29) is 12.6 Å². The van der Waals surface area contributed by atoms with Crippen LogP contribution in [-0.2, 0) is 0 Å². The van der Waals surface area contributed by atoms with E-state index in [0.717, 1.165) is 0 Å². The molecule has 58 valence electrons. The number of hydrogen-bond acceptors (Lipinski definition) is 4. The quantitative estimate of drug-likeness (QED) is 0.576. The van der Waals surface area contributed by atoms with Gasteiger partial charge in [0.25, 0.3) is 0 Å². The molecular formula is C6H8BNO3. The fourth-order valence-corrected chi connectivity index (χ4v) is 0.644. The topological polar surface area (TPSA) is 62.6 Å². The van der Waals surface area contributed by atoms with Crippen LogP contribution in [0.1, 0.15) is 7.06 Å². The molecule has 0 saturated carbocycles. The highest BCUT2D eigenvalue weighted by atomic mass is 16.6. The van der Waals surface area contributed by atoms with Crippen molar-refractivity contribution in [1.29, 1.82) is 0 Å². The predicted octanol–water partition coefficient (Wildman–Crippen LogP) is -0.262. The van der Waals surface area contributed by atoms with E-state index >= 15 is 0 Å². The standard InChI is InChI=1S/C6H8BNO3/c1-5-6(11-7(9)10)3-2-4-8-5/h2-4,9-10H,1H3/i1D. The van der Waals surface area contributed by atoms with Gasteiger partial charge in [-0.1, -0.05) is 0 Å².